The van der Waals surface area contributed by atoms with Gasteiger partial charge in [-0.15, -0.1) is 0 Å². The summed E-state index contributed by atoms with van der Waals surface area (Å²) >= 11 is 5.90. The lowest BCUT2D eigenvalue weighted by Crippen LogP contribution is -2.46. The van der Waals surface area contributed by atoms with E-state index in [2.05, 4.69) is 30.9 Å². The van der Waals surface area contributed by atoms with E-state index in [1.807, 2.05) is 0 Å². The Kier molecular flexibility index (Phi) is 8.38. The molecule has 1 saturated heterocycles. The van der Waals surface area contributed by atoms with Crippen LogP contribution in [0.5, 0.6) is 0 Å². The van der Waals surface area contributed by atoms with Crippen molar-refractivity contribution in [1.29, 1.82) is 0 Å². The molecule has 1 aliphatic heterocycles. The Bertz CT molecular complexity index is 1450. The monoisotopic (exact) mass is 566 g/mol. The summed E-state index contributed by atoms with van der Waals surface area (Å²) in [5.41, 5.74) is 1.35. The third kappa shape index (κ3) is 6.82. The Balaban J connectivity index is 1.29. The molecule has 13 heteroatoms. The number of ketones is 1. The van der Waals surface area contributed by atoms with Crippen LogP contribution >= 0.6 is 11.6 Å². The van der Waals surface area contributed by atoms with E-state index in [1.165, 1.54) is 16.5 Å². The van der Waals surface area contributed by atoms with Crippen LogP contribution in [0.1, 0.15) is 30.3 Å². The normalized spacial score (nSPS) is 15.6. The number of aromatic nitrogens is 3. The van der Waals surface area contributed by atoms with Crippen LogP contribution in [0.3, 0.4) is 0 Å². The molecule has 12 nitrogen and oxygen atoms in total. The summed E-state index contributed by atoms with van der Waals surface area (Å²) in [6.07, 6.45) is 1.62. The number of nitrogens with one attached hydrogen (secondary N) is 3. The van der Waals surface area contributed by atoms with Gasteiger partial charge in [0.25, 0.3) is 0 Å². The van der Waals surface area contributed by atoms with Gasteiger partial charge in [-0.2, -0.15) is 5.10 Å². The number of hydrogen-bond acceptors (Lipinski definition) is 8. The number of carbonyl (C=O) groups is 4. The van der Waals surface area contributed by atoms with E-state index in [9.17, 15) is 19.2 Å². The summed E-state index contributed by atoms with van der Waals surface area (Å²) in [5.74, 6) is -0.760. The topological polar surface area (TPSA) is 142 Å². The molecule has 2 aliphatic rings. The molecule has 0 unspecified atom stereocenters. The van der Waals surface area contributed by atoms with Gasteiger partial charge in [0.1, 0.15) is 29.8 Å². The predicted molar refractivity (Wildman–Crippen MR) is 150 cm³/mol. The quantitative estimate of drug-likeness (QED) is 0.249. The minimum absolute atomic E-state index is 0.0304. The molecule has 210 valence electrons. The first-order valence-electron chi connectivity index (χ1n) is 13.2. The summed E-state index contributed by atoms with van der Waals surface area (Å²) in [4.78, 5) is 58.7. The molecule has 0 atom stereocenters. The van der Waals surface area contributed by atoms with E-state index in [4.69, 9.17) is 11.6 Å². The maximum atomic E-state index is 13.4. The predicted octanol–water partition coefficient (Wildman–Crippen LogP) is 1.76. The van der Waals surface area contributed by atoms with Crippen molar-refractivity contribution in [3.8, 4) is 0 Å². The van der Waals surface area contributed by atoms with Gasteiger partial charge in [-0.25, -0.2) is 4.98 Å². The molecule has 0 radical (unpaired) electrons. The van der Waals surface area contributed by atoms with Crippen molar-refractivity contribution in [3.05, 3.63) is 47.2 Å². The number of piperazine rings is 1. The van der Waals surface area contributed by atoms with Gasteiger partial charge in [-0.05, 0) is 43.2 Å². The van der Waals surface area contributed by atoms with Gasteiger partial charge in [0.15, 0.2) is 5.78 Å². The standard InChI is InChI=1S/C27H31ClN8O4/c1-17(37)27-20-13-18(30-24(38)14-34-11-9-29-10-12-34)5-8-21(20)36(33-27)16-26(40)35(19-6-7-19)15-25(39)32-23-4-2-3-22(28)31-23/h2-5,8,13,19,29H,6-7,9-12,14-16H2,1H3,(H,30,38)(H,31,32,39). The van der Waals surface area contributed by atoms with Crippen molar-refractivity contribution in [2.24, 2.45) is 0 Å². The molecule has 40 heavy (non-hydrogen) atoms. The SMILES string of the molecule is CC(=O)c1nn(CC(=O)N(CC(=O)Nc2cccc(Cl)n2)C2CC2)c2ccc(NC(=O)CN3CCNCC3)cc12. The van der Waals surface area contributed by atoms with Gasteiger partial charge in [-0.3, -0.25) is 28.8 Å². The number of fused-ring (bicyclic) bond motifs is 1. The van der Waals surface area contributed by atoms with Crippen molar-refractivity contribution >= 4 is 57.5 Å². The van der Waals surface area contributed by atoms with Gasteiger partial charge < -0.3 is 20.9 Å². The van der Waals surface area contributed by atoms with Gasteiger partial charge in [0, 0.05) is 50.2 Å². The van der Waals surface area contributed by atoms with E-state index in [-0.39, 0.29) is 60.0 Å². The number of pyridine rings is 1. The van der Waals surface area contributed by atoms with E-state index >= 15 is 0 Å². The number of anilines is 2. The highest BCUT2D eigenvalue weighted by molar-refractivity contribution is 6.29. The second kappa shape index (κ2) is 12.1. The van der Waals surface area contributed by atoms with Crippen LogP contribution in [0.15, 0.2) is 36.4 Å². The second-order valence-corrected chi connectivity index (χ2v) is 10.4. The fourth-order valence-electron chi connectivity index (χ4n) is 4.75. The zero-order valence-corrected chi connectivity index (χ0v) is 22.9. The molecule has 1 aliphatic carbocycles. The first-order valence-corrected chi connectivity index (χ1v) is 13.6. The minimum Gasteiger partial charge on any atom is -0.329 e. The lowest BCUT2D eigenvalue weighted by molar-refractivity contribution is -0.135. The smallest absolute Gasteiger partial charge is 0.245 e. The summed E-state index contributed by atoms with van der Waals surface area (Å²) in [7, 11) is 0. The maximum Gasteiger partial charge on any atom is 0.245 e. The molecular formula is C27H31ClN8O4. The molecule has 0 bridgehead atoms. The van der Waals surface area contributed by atoms with Gasteiger partial charge in [0.2, 0.25) is 17.7 Å². The average Bonchev–Trinajstić information content (AvgIpc) is 3.69. The highest BCUT2D eigenvalue weighted by atomic mass is 35.5. The third-order valence-corrected chi connectivity index (χ3v) is 7.04. The molecule has 3 heterocycles. The number of benzene rings is 1. The molecule has 3 N–H and O–H groups in total. The number of carbonyl (C=O) groups excluding carboxylic acids is 4. The number of Topliss-reactive ketones (excluding diaryl/α,β-unsaturated/α-hetero) is 1. The van der Waals surface area contributed by atoms with Crippen molar-refractivity contribution in [1.82, 2.24) is 29.9 Å². The number of halogens is 1. The summed E-state index contributed by atoms with van der Waals surface area (Å²) in [6, 6.07) is 10.0. The molecule has 1 saturated carbocycles. The molecule has 5 rings (SSSR count). The lowest BCUT2D eigenvalue weighted by Gasteiger charge is -2.26. The Morgan fingerprint density at radius 3 is 2.52 bits per heavy atom. The zero-order chi connectivity index (χ0) is 28.2. The van der Waals surface area contributed by atoms with Crippen LogP contribution in [0.4, 0.5) is 11.5 Å². The Labute approximate surface area is 236 Å². The van der Waals surface area contributed by atoms with Crippen LogP contribution in [0.2, 0.25) is 5.15 Å². The van der Waals surface area contributed by atoms with Crippen molar-refractivity contribution in [2.45, 2.75) is 32.4 Å². The number of nitrogens with zero attached hydrogens (tertiary/aromatic N) is 5. The van der Waals surface area contributed by atoms with E-state index in [0.29, 0.717) is 22.4 Å². The van der Waals surface area contributed by atoms with Gasteiger partial charge >= 0.3 is 0 Å². The van der Waals surface area contributed by atoms with Crippen LogP contribution in [0, 0.1) is 0 Å². The maximum absolute atomic E-state index is 13.4. The van der Waals surface area contributed by atoms with Crippen molar-refractivity contribution < 1.29 is 19.2 Å². The molecule has 2 fully saturated rings. The highest BCUT2D eigenvalue weighted by Crippen LogP contribution is 2.28. The fourth-order valence-corrected chi connectivity index (χ4v) is 4.92. The highest BCUT2D eigenvalue weighted by Gasteiger charge is 2.34. The largest absolute Gasteiger partial charge is 0.329 e. The van der Waals surface area contributed by atoms with Crippen LogP contribution in [-0.4, -0.2) is 93.4 Å². The van der Waals surface area contributed by atoms with Crippen molar-refractivity contribution in [3.63, 3.8) is 0 Å². The molecule has 0 spiro atoms. The third-order valence-electron chi connectivity index (χ3n) is 6.83. The van der Waals surface area contributed by atoms with Crippen LogP contribution in [-0.2, 0) is 20.9 Å². The second-order valence-electron chi connectivity index (χ2n) is 10.0. The number of hydrogen-bond donors (Lipinski definition) is 3. The Morgan fingerprint density at radius 2 is 1.82 bits per heavy atom. The Morgan fingerprint density at radius 1 is 1.05 bits per heavy atom. The molecular weight excluding hydrogens is 536 g/mol. The molecule has 3 amide bonds. The van der Waals surface area contributed by atoms with Gasteiger partial charge in [-0.1, -0.05) is 17.7 Å². The van der Waals surface area contributed by atoms with E-state index in [0.717, 1.165) is 39.0 Å². The molecule has 3 aromatic rings. The first kappa shape index (κ1) is 27.7. The summed E-state index contributed by atoms with van der Waals surface area (Å²) in [5, 5.41) is 14.1. The minimum atomic E-state index is -0.383. The van der Waals surface area contributed by atoms with Crippen molar-refractivity contribution in [2.75, 3.05) is 49.9 Å². The van der Waals surface area contributed by atoms with Crippen LogP contribution in [0.25, 0.3) is 10.9 Å². The van der Waals surface area contributed by atoms with Gasteiger partial charge in [0.05, 0.1) is 12.1 Å². The lowest BCUT2D eigenvalue weighted by atomic mass is 10.1. The molecule has 1 aromatic carbocycles. The summed E-state index contributed by atoms with van der Waals surface area (Å²) < 4.78 is 1.48. The number of rotatable bonds is 10. The van der Waals surface area contributed by atoms with Crippen LogP contribution < -0.4 is 16.0 Å². The summed E-state index contributed by atoms with van der Waals surface area (Å²) in [6.45, 7) is 4.72. The molecule has 2 aromatic heterocycles. The number of amides is 3. The Hall–Kier alpha value is -3.87. The average molecular weight is 567 g/mol. The van der Waals surface area contributed by atoms with E-state index in [1.54, 1.807) is 36.4 Å². The first-order chi connectivity index (χ1) is 19.3. The zero-order valence-electron chi connectivity index (χ0n) is 22.2. The fraction of sp³-hybridized carbons (Fsp3) is 0.407. The van der Waals surface area contributed by atoms with E-state index < -0.39 is 0 Å².